The van der Waals surface area contributed by atoms with Crippen LogP contribution in [0.15, 0.2) is 84.9 Å². The van der Waals surface area contributed by atoms with Crippen LogP contribution in [-0.2, 0) is 0 Å². The van der Waals surface area contributed by atoms with Crippen LogP contribution in [0.2, 0.25) is 0 Å². The van der Waals surface area contributed by atoms with Gasteiger partial charge in [-0.05, 0) is 83.9 Å². The number of hydrogen-bond donors (Lipinski definition) is 6. The summed E-state index contributed by atoms with van der Waals surface area (Å²) in [5.41, 5.74) is 2.85. The molecule has 10 nitrogen and oxygen atoms in total. The van der Waals surface area contributed by atoms with Gasteiger partial charge < -0.3 is 31.5 Å². The number of hydrogen-bond acceptors (Lipinski definition) is 6. The Morgan fingerprint density at radius 1 is 0.475 bits per heavy atom. The Kier molecular flexibility index (Phi) is 8.10. The summed E-state index contributed by atoms with van der Waals surface area (Å²) in [7, 11) is 3.52. The fourth-order valence-corrected chi connectivity index (χ4v) is 4.03. The molecule has 0 fully saturated rings. The smallest absolute Gasteiger partial charge is 0.336 e. The monoisotopic (exact) mass is 538 g/mol. The third-order valence-corrected chi connectivity index (χ3v) is 6.19. The van der Waals surface area contributed by atoms with Crippen LogP contribution in [0.3, 0.4) is 0 Å². The number of anilines is 4. The number of carbonyl (C=O) groups excluding carboxylic acids is 2. The average Bonchev–Trinajstić information content (AvgIpc) is 2.97. The molecule has 40 heavy (non-hydrogen) atoms. The highest BCUT2D eigenvalue weighted by atomic mass is 16.4. The van der Waals surface area contributed by atoms with Crippen molar-refractivity contribution >= 4 is 46.5 Å². The molecule has 0 aromatic heterocycles. The quantitative estimate of drug-likeness (QED) is 0.167. The van der Waals surface area contributed by atoms with Crippen molar-refractivity contribution in [1.82, 2.24) is 0 Å². The number of nitrogens with one attached hydrogen (secondary N) is 4. The van der Waals surface area contributed by atoms with Crippen molar-refractivity contribution in [3.05, 3.63) is 107 Å². The Labute approximate surface area is 229 Å². The predicted octanol–water partition coefficient (Wildman–Crippen LogP) is 5.34. The van der Waals surface area contributed by atoms with Crippen LogP contribution in [0.4, 0.5) is 22.7 Å². The van der Waals surface area contributed by atoms with E-state index in [0.717, 1.165) is 11.4 Å². The molecule has 0 saturated carbocycles. The van der Waals surface area contributed by atoms with Gasteiger partial charge in [-0.2, -0.15) is 0 Å². The molecule has 4 aromatic rings. The number of aromatic carboxylic acids is 2. The molecule has 0 atom stereocenters. The molecule has 0 bridgehead atoms. The Hall–Kier alpha value is -5.64. The van der Waals surface area contributed by atoms with Gasteiger partial charge in [0.1, 0.15) is 0 Å². The second kappa shape index (κ2) is 11.8. The first-order chi connectivity index (χ1) is 19.2. The highest BCUT2D eigenvalue weighted by molar-refractivity contribution is 6.13. The molecule has 0 heterocycles. The largest absolute Gasteiger partial charge is 0.478 e. The Balaban J connectivity index is 1.69. The maximum absolute atomic E-state index is 13.1. The molecule has 0 aliphatic rings. The van der Waals surface area contributed by atoms with Crippen LogP contribution in [-0.4, -0.2) is 48.1 Å². The van der Waals surface area contributed by atoms with Crippen molar-refractivity contribution in [3.8, 4) is 11.1 Å². The fourth-order valence-electron chi connectivity index (χ4n) is 4.03. The summed E-state index contributed by atoms with van der Waals surface area (Å²) >= 11 is 0. The third kappa shape index (κ3) is 6.08. The van der Waals surface area contributed by atoms with E-state index in [1.54, 1.807) is 62.6 Å². The molecule has 0 radical (unpaired) electrons. The lowest BCUT2D eigenvalue weighted by atomic mass is 9.95. The van der Waals surface area contributed by atoms with Crippen LogP contribution in [0.25, 0.3) is 11.1 Å². The maximum atomic E-state index is 13.1. The van der Waals surface area contributed by atoms with Gasteiger partial charge in [-0.3, -0.25) is 9.59 Å². The SMILES string of the molecule is CNc1ccc(NC(=O)c2cc(-c3ccc(C(=O)O)c(C(=O)Nc4ccc(NC)cc4)c3)ccc2C(=O)O)cc1. The first-order valence-corrected chi connectivity index (χ1v) is 12.1. The third-order valence-electron chi connectivity index (χ3n) is 6.19. The number of amides is 2. The minimum atomic E-state index is -1.28. The van der Waals surface area contributed by atoms with Gasteiger partial charge in [0.05, 0.1) is 22.3 Å². The molecule has 0 aliphatic heterocycles. The normalized spacial score (nSPS) is 10.3. The van der Waals surface area contributed by atoms with Crippen molar-refractivity contribution in [2.45, 2.75) is 0 Å². The van der Waals surface area contributed by atoms with E-state index >= 15 is 0 Å². The minimum absolute atomic E-state index is 0.0966. The highest BCUT2D eigenvalue weighted by Crippen LogP contribution is 2.27. The van der Waals surface area contributed by atoms with Crippen LogP contribution in [0, 0.1) is 0 Å². The minimum Gasteiger partial charge on any atom is -0.478 e. The van der Waals surface area contributed by atoms with Crippen molar-refractivity contribution in [2.24, 2.45) is 0 Å². The number of carbonyl (C=O) groups is 4. The van der Waals surface area contributed by atoms with Crippen molar-refractivity contribution in [2.75, 3.05) is 35.4 Å². The van der Waals surface area contributed by atoms with Gasteiger partial charge in [0, 0.05) is 36.8 Å². The van der Waals surface area contributed by atoms with Crippen LogP contribution in [0.5, 0.6) is 0 Å². The van der Waals surface area contributed by atoms with Gasteiger partial charge in [-0.1, -0.05) is 12.1 Å². The fraction of sp³-hybridized carbons (Fsp3) is 0.0667. The van der Waals surface area contributed by atoms with Gasteiger partial charge in [-0.25, -0.2) is 9.59 Å². The molecule has 2 amide bonds. The maximum Gasteiger partial charge on any atom is 0.336 e. The van der Waals surface area contributed by atoms with Crippen LogP contribution in [0.1, 0.15) is 41.4 Å². The standard InChI is InChI=1S/C30H26N4O6/c1-31-19-5-9-21(10-6-19)33-27(35)25-15-17(3-13-23(25)29(37)38)18-4-14-24(30(39)40)26(16-18)28(36)34-22-11-7-20(32-2)8-12-22/h3-16,31-32H,1-2H3,(H,33,35)(H,34,36)(H,37,38)(H,39,40). The molecule has 4 aromatic carbocycles. The number of rotatable bonds is 9. The second-order valence-electron chi connectivity index (χ2n) is 8.69. The summed E-state index contributed by atoms with van der Waals surface area (Å²) in [4.78, 5) is 50.0. The van der Waals surface area contributed by atoms with Gasteiger partial charge in [0.2, 0.25) is 0 Å². The lowest BCUT2D eigenvalue weighted by Crippen LogP contribution is -2.17. The predicted molar refractivity (Wildman–Crippen MR) is 154 cm³/mol. The summed E-state index contributed by atoms with van der Waals surface area (Å²) in [6.45, 7) is 0. The number of benzene rings is 4. The van der Waals surface area contributed by atoms with E-state index in [-0.39, 0.29) is 22.3 Å². The average molecular weight is 539 g/mol. The van der Waals surface area contributed by atoms with E-state index in [4.69, 9.17) is 0 Å². The topological polar surface area (TPSA) is 157 Å². The van der Waals surface area contributed by atoms with E-state index in [9.17, 15) is 29.4 Å². The van der Waals surface area contributed by atoms with Gasteiger partial charge in [0.25, 0.3) is 11.8 Å². The first kappa shape index (κ1) is 27.4. The molecule has 0 spiro atoms. The molecular formula is C30H26N4O6. The Morgan fingerprint density at radius 2 is 0.800 bits per heavy atom. The Morgan fingerprint density at radius 3 is 1.10 bits per heavy atom. The van der Waals surface area contributed by atoms with Gasteiger partial charge in [-0.15, -0.1) is 0 Å². The molecular weight excluding hydrogens is 512 g/mol. The zero-order valence-electron chi connectivity index (χ0n) is 21.6. The molecule has 0 aliphatic carbocycles. The molecule has 10 heteroatoms. The summed E-state index contributed by atoms with van der Waals surface area (Å²) < 4.78 is 0. The zero-order valence-corrected chi connectivity index (χ0v) is 21.6. The second-order valence-corrected chi connectivity index (χ2v) is 8.69. The Bertz CT molecular complexity index is 1480. The number of carboxylic acids is 2. The lowest BCUT2D eigenvalue weighted by molar-refractivity contribution is 0.0683. The van der Waals surface area contributed by atoms with Crippen molar-refractivity contribution in [1.29, 1.82) is 0 Å². The van der Waals surface area contributed by atoms with Crippen molar-refractivity contribution < 1.29 is 29.4 Å². The summed E-state index contributed by atoms with van der Waals surface area (Å²) in [6.07, 6.45) is 0. The molecule has 0 unspecified atom stereocenters. The first-order valence-electron chi connectivity index (χ1n) is 12.1. The molecule has 4 rings (SSSR count). The summed E-state index contributed by atoms with van der Waals surface area (Å²) in [5, 5.41) is 30.7. The van der Waals surface area contributed by atoms with E-state index in [1.807, 2.05) is 0 Å². The molecule has 0 saturated heterocycles. The highest BCUT2D eigenvalue weighted by Gasteiger charge is 2.21. The lowest BCUT2D eigenvalue weighted by Gasteiger charge is -2.13. The van der Waals surface area contributed by atoms with Gasteiger partial charge in [0.15, 0.2) is 0 Å². The molecule has 202 valence electrons. The van der Waals surface area contributed by atoms with Crippen molar-refractivity contribution in [3.63, 3.8) is 0 Å². The van der Waals surface area contributed by atoms with E-state index in [2.05, 4.69) is 21.3 Å². The summed E-state index contributed by atoms with van der Waals surface area (Å²) in [6, 6.07) is 22.1. The van der Waals surface area contributed by atoms with Gasteiger partial charge >= 0.3 is 11.9 Å². The van der Waals surface area contributed by atoms with E-state index in [1.165, 1.54) is 36.4 Å². The number of carboxylic acid groups (broad SMARTS) is 2. The van der Waals surface area contributed by atoms with Crippen LogP contribution < -0.4 is 21.3 Å². The van der Waals surface area contributed by atoms with E-state index in [0.29, 0.717) is 22.5 Å². The molecule has 6 N–H and O–H groups in total. The summed E-state index contributed by atoms with van der Waals surface area (Å²) in [5.74, 6) is -3.84. The van der Waals surface area contributed by atoms with E-state index < -0.39 is 23.8 Å². The zero-order chi connectivity index (χ0) is 28.8. The van der Waals surface area contributed by atoms with Crippen LogP contribution >= 0.6 is 0 Å².